The van der Waals surface area contributed by atoms with E-state index in [4.69, 9.17) is 0 Å². The summed E-state index contributed by atoms with van der Waals surface area (Å²) < 4.78 is 24.9. The summed E-state index contributed by atoms with van der Waals surface area (Å²) in [4.78, 5) is 0. The number of thiol groups is 1. The summed E-state index contributed by atoms with van der Waals surface area (Å²) >= 11 is 3.45. The third kappa shape index (κ3) is 1.48. The van der Waals surface area contributed by atoms with Gasteiger partial charge in [-0.3, -0.25) is 0 Å². The minimum Gasteiger partial charge on any atom is -0.230 e. The van der Waals surface area contributed by atoms with Crippen LogP contribution >= 0.6 is 12.6 Å². The number of alkyl halides is 1. The van der Waals surface area contributed by atoms with Crippen LogP contribution < -0.4 is 0 Å². The molecule has 0 spiro atoms. The molecule has 0 aromatic heterocycles. The Bertz CT molecular complexity index is 223. The van der Waals surface area contributed by atoms with Crippen molar-refractivity contribution in [3.63, 3.8) is 0 Å². The van der Waals surface area contributed by atoms with Gasteiger partial charge in [-0.15, -0.1) is 12.6 Å². The minimum absolute atomic E-state index is 0.00849. The first-order valence-electron chi connectivity index (χ1n) is 2.78. The molecule has 0 saturated carbocycles. The first kappa shape index (κ1) is 7.54. The molecule has 0 bridgehead atoms. The van der Waals surface area contributed by atoms with Gasteiger partial charge >= 0.3 is 0 Å². The van der Waals surface area contributed by atoms with Crippen LogP contribution in [0.2, 0.25) is 0 Å². The smallest absolute Gasteiger partial charge is 0.171 e. The Balaban J connectivity index is 3.03. The fraction of sp³-hybridized carbons (Fsp3) is 0.143. The molecule has 0 aliphatic carbocycles. The molecule has 0 amide bonds. The topological polar surface area (TPSA) is 0 Å². The molecule has 0 aliphatic heterocycles. The van der Waals surface area contributed by atoms with Crippen LogP contribution in [0.5, 0.6) is 0 Å². The molecule has 0 aliphatic rings. The summed E-state index contributed by atoms with van der Waals surface area (Å²) in [5.74, 6) is -0.551. The first-order valence-corrected chi connectivity index (χ1v) is 3.30. The van der Waals surface area contributed by atoms with E-state index in [1.807, 2.05) is 0 Å². The van der Waals surface area contributed by atoms with E-state index in [-0.39, 0.29) is 5.56 Å². The van der Waals surface area contributed by atoms with E-state index in [9.17, 15) is 8.78 Å². The molecule has 3 heteroatoms. The quantitative estimate of drug-likeness (QED) is 0.600. The van der Waals surface area contributed by atoms with Crippen LogP contribution in [-0.4, -0.2) is 0 Å². The van der Waals surface area contributed by atoms with Gasteiger partial charge in [0.05, 0.1) is 0 Å². The van der Waals surface area contributed by atoms with Crippen LogP contribution in [0, 0.1) is 5.82 Å². The van der Waals surface area contributed by atoms with Crippen molar-refractivity contribution in [1.29, 1.82) is 0 Å². The Labute approximate surface area is 63.3 Å². The molecular weight excluding hydrogens is 154 g/mol. The summed E-state index contributed by atoms with van der Waals surface area (Å²) in [6.45, 7) is 0. The standard InChI is InChI=1S/C7H6F2S/c8-6-4-2-1-3-5(6)7(9)10/h1-4,7,10H. The summed E-state index contributed by atoms with van der Waals surface area (Å²) in [6, 6.07) is 5.65. The van der Waals surface area contributed by atoms with Crippen LogP contribution in [0.25, 0.3) is 0 Å². The van der Waals surface area contributed by atoms with E-state index in [0.29, 0.717) is 0 Å². The van der Waals surface area contributed by atoms with Crippen molar-refractivity contribution in [3.8, 4) is 0 Å². The van der Waals surface area contributed by atoms with Gasteiger partial charge < -0.3 is 0 Å². The normalized spacial score (nSPS) is 13.1. The van der Waals surface area contributed by atoms with Crippen molar-refractivity contribution >= 4 is 12.6 Å². The van der Waals surface area contributed by atoms with Gasteiger partial charge in [0.1, 0.15) is 5.82 Å². The maximum absolute atomic E-state index is 12.6. The maximum Gasteiger partial charge on any atom is 0.171 e. The summed E-state index contributed by atoms with van der Waals surface area (Å²) in [6.07, 6.45) is 0. The van der Waals surface area contributed by atoms with E-state index < -0.39 is 11.3 Å². The highest BCUT2D eigenvalue weighted by atomic mass is 32.1. The molecular formula is C7H6F2S. The van der Waals surface area contributed by atoms with E-state index in [1.165, 1.54) is 18.2 Å². The van der Waals surface area contributed by atoms with Gasteiger partial charge in [0, 0.05) is 5.56 Å². The molecule has 0 radical (unpaired) electrons. The lowest BCUT2D eigenvalue weighted by atomic mass is 10.2. The van der Waals surface area contributed by atoms with Crippen molar-refractivity contribution in [2.45, 2.75) is 5.50 Å². The zero-order chi connectivity index (χ0) is 7.56. The van der Waals surface area contributed by atoms with Crippen LogP contribution in [0.4, 0.5) is 8.78 Å². The van der Waals surface area contributed by atoms with Crippen molar-refractivity contribution in [2.24, 2.45) is 0 Å². The fourth-order valence-corrected chi connectivity index (χ4v) is 0.878. The molecule has 10 heavy (non-hydrogen) atoms. The van der Waals surface area contributed by atoms with Gasteiger partial charge in [-0.05, 0) is 6.07 Å². The van der Waals surface area contributed by atoms with Crippen molar-refractivity contribution in [3.05, 3.63) is 35.6 Å². The lowest BCUT2D eigenvalue weighted by Crippen LogP contribution is -1.87. The predicted molar refractivity (Wildman–Crippen MR) is 39.2 cm³/mol. The first-order chi connectivity index (χ1) is 4.72. The second-order valence-electron chi connectivity index (χ2n) is 1.86. The third-order valence-corrected chi connectivity index (χ3v) is 1.44. The number of rotatable bonds is 1. The Morgan fingerprint density at radius 3 is 2.30 bits per heavy atom. The lowest BCUT2D eigenvalue weighted by Gasteiger charge is -2.00. The Morgan fingerprint density at radius 2 is 1.90 bits per heavy atom. The zero-order valence-electron chi connectivity index (χ0n) is 5.09. The molecule has 1 aromatic rings. The molecule has 1 aromatic carbocycles. The summed E-state index contributed by atoms with van der Waals surface area (Å²) in [5.41, 5.74) is -1.54. The molecule has 0 nitrogen and oxygen atoms in total. The van der Waals surface area contributed by atoms with Crippen LogP contribution in [-0.2, 0) is 0 Å². The Kier molecular flexibility index (Phi) is 2.27. The van der Waals surface area contributed by atoms with E-state index in [1.54, 1.807) is 6.07 Å². The minimum atomic E-state index is -1.53. The maximum atomic E-state index is 12.6. The second-order valence-corrected chi connectivity index (χ2v) is 2.31. The average molecular weight is 160 g/mol. The highest BCUT2D eigenvalue weighted by Gasteiger charge is 2.07. The van der Waals surface area contributed by atoms with Crippen LogP contribution in [0.3, 0.4) is 0 Å². The van der Waals surface area contributed by atoms with E-state index in [0.717, 1.165) is 0 Å². The average Bonchev–Trinajstić information content (AvgIpc) is 1.88. The van der Waals surface area contributed by atoms with Crippen LogP contribution in [0.15, 0.2) is 24.3 Å². The van der Waals surface area contributed by atoms with Crippen LogP contribution in [0.1, 0.15) is 11.1 Å². The van der Waals surface area contributed by atoms with Gasteiger partial charge in [-0.2, -0.15) is 0 Å². The molecule has 0 heterocycles. The highest BCUT2D eigenvalue weighted by molar-refractivity contribution is 7.80. The van der Waals surface area contributed by atoms with Gasteiger partial charge in [0.2, 0.25) is 0 Å². The Hall–Kier alpha value is -0.570. The largest absolute Gasteiger partial charge is 0.230 e. The molecule has 1 rings (SSSR count). The summed E-state index contributed by atoms with van der Waals surface area (Å²) in [7, 11) is 0. The molecule has 0 saturated heterocycles. The fourth-order valence-electron chi connectivity index (χ4n) is 0.668. The van der Waals surface area contributed by atoms with Gasteiger partial charge in [0.25, 0.3) is 0 Å². The third-order valence-electron chi connectivity index (χ3n) is 1.16. The predicted octanol–water partition coefficient (Wildman–Crippen LogP) is 2.72. The molecule has 54 valence electrons. The van der Waals surface area contributed by atoms with E-state index >= 15 is 0 Å². The SMILES string of the molecule is Fc1ccccc1C(F)S. The van der Waals surface area contributed by atoms with Crippen molar-refractivity contribution in [1.82, 2.24) is 0 Å². The lowest BCUT2D eigenvalue weighted by molar-refractivity contribution is 0.453. The number of halogens is 2. The number of hydrogen-bond acceptors (Lipinski definition) is 1. The molecule has 1 unspecified atom stereocenters. The van der Waals surface area contributed by atoms with E-state index in [2.05, 4.69) is 12.6 Å². The van der Waals surface area contributed by atoms with Gasteiger partial charge in [0.15, 0.2) is 5.50 Å². The Morgan fingerprint density at radius 1 is 1.30 bits per heavy atom. The van der Waals surface area contributed by atoms with Crippen molar-refractivity contribution in [2.75, 3.05) is 0 Å². The summed E-state index contributed by atoms with van der Waals surface area (Å²) in [5, 5.41) is 0. The highest BCUT2D eigenvalue weighted by Crippen LogP contribution is 2.22. The molecule has 0 fully saturated rings. The second kappa shape index (κ2) is 3.01. The molecule has 0 N–H and O–H groups in total. The van der Waals surface area contributed by atoms with Crippen molar-refractivity contribution < 1.29 is 8.78 Å². The van der Waals surface area contributed by atoms with Gasteiger partial charge in [-0.1, -0.05) is 18.2 Å². The zero-order valence-corrected chi connectivity index (χ0v) is 5.98. The molecule has 1 atom stereocenters. The monoisotopic (exact) mass is 160 g/mol. The number of hydrogen-bond donors (Lipinski definition) is 1. The van der Waals surface area contributed by atoms with Gasteiger partial charge in [-0.25, -0.2) is 8.78 Å². The number of benzene rings is 1.